The number of carbonyl (C=O) groups excluding carboxylic acids is 1. The predicted molar refractivity (Wildman–Crippen MR) is 54.5 cm³/mol. The Kier molecular flexibility index (Phi) is 2.74. The summed E-state index contributed by atoms with van der Waals surface area (Å²) >= 11 is 0. The lowest BCUT2D eigenvalue weighted by atomic mass is 9.94. The summed E-state index contributed by atoms with van der Waals surface area (Å²) in [6, 6.07) is 0.519. The number of carbonyl (C=O) groups is 1. The van der Waals surface area contributed by atoms with Gasteiger partial charge in [-0.25, -0.2) is 0 Å². The molecule has 2 rings (SSSR count). The molecule has 76 valence electrons. The second-order valence-electron chi connectivity index (χ2n) is 4.14. The van der Waals surface area contributed by atoms with Crippen molar-refractivity contribution in [2.24, 2.45) is 5.92 Å². The van der Waals surface area contributed by atoms with Gasteiger partial charge in [-0.2, -0.15) is 0 Å². The van der Waals surface area contributed by atoms with E-state index in [2.05, 4.69) is 11.2 Å². The first-order valence-corrected chi connectivity index (χ1v) is 5.26. The fourth-order valence-corrected chi connectivity index (χ4v) is 2.45. The predicted octanol–water partition coefficient (Wildman–Crippen LogP) is 0.220. The number of rotatable bonds is 1. The van der Waals surface area contributed by atoms with E-state index in [0.717, 1.165) is 19.6 Å². The first kappa shape index (κ1) is 9.54. The minimum Gasteiger partial charge on any atom is -0.340 e. The number of hydrogen-bond acceptors (Lipinski definition) is 2. The zero-order valence-electron chi connectivity index (χ0n) is 8.33. The molecule has 0 aromatic carbocycles. The summed E-state index contributed by atoms with van der Waals surface area (Å²) < 4.78 is 0. The average Bonchev–Trinajstić information content (AvgIpc) is 2.61. The van der Waals surface area contributed by atoms with Crippen molar-refractivity contribution in [1.29, 1.82) is 0 Å². The number of piperidine rings is 1. The van der Waals surface area contributed by atoms with Gasteiger partial charge in [0.2, 0.25) is 5.91 Å². The van der Waals surface area contributed by atoms with Gasteiger partial charge in [0.15, 0.2) is 0 Å². The van der Waals surface area contributed by atoms with Crippen LogP contribution in [0.2, 0.25) is 0 Å². The summed E-state index contributed by atoms with van der Waals surface area (Å²) in [6.45, 7) is 2.85. The molecule has 14 heavy (non-hydrogen) atoms. The molecule has 1 N–H and O–H groups in total. The topological polar surface area (TPSA) is 32.3 Å². The Morgan fingerprint density at radius 3 is 3.14 bits per heavy atom. The van der Waals surface area contributed by atoms with Crippen molar-refractivity contribution >= 4 is 5.91 Å². The second-order valence-corrected chi connectivity index (χ2v) is 4.14. The van der Waals surface area contributed by atoms with Gasteiger partial charge in [0, 0.05) is 19.1 Å². The van der Waals surface area contributed by atoms with Crippen molar-refractivity contribution in [2.45, 2.75) is 25.3 Å². The van der Waals surface area contributed by atoms with Gasteiger partial charge >= 0.3 is 0 Å². The van der Waals surface area contributed by atoms with Crippen molar-refractivity contribution in [3.8, 4) is 12.3 Å². The zero-order chi connectivity index (χ0) is 9.97. The van der Waals surface area contributed by atoms with Crippen LogP contribution >= 0.6 is 0 Å². The number of terminal acetylenes is 1. The highest BCUT2D eigenvalue weighted by atomic mass is 16.2. The van der Waals surface area contributed by atoms with Crippen molar-refractivity contribution in [2.75, 3.05) is 19.6 Å². The molecule has 2 heterocycles. The van der Waals surface area contributed by atoms with Crippen LogP contribution in [-0.2, 0) is 4.79 Å². The van der Waals surface area contributed by atoms with Crippen molar-refractivity contribution < 1.29 is 4.79 Å². The van der Waals surface area contributed by atoms with Crippen molar-refractivity contribution in [3.63, 3.8) is 0 Å². The van der Waals surface area contributed by atoms with E-state index in [4.69, 9.17) is 6.42 Å². The van der Waals surface area contributed by atoms with Crippen LogP contribution in [0.25, 0.3) is 0 Å². The SMILES string of the molecule is C#CCC(=O)N1C[C@@H]2CCCN[C@@H]2C1. The molecule has 0 saturated carbocycles. The van der Waals surface area contributed by atoms with Crippen LogP contribution in [0.5, 0.6) is 0 Å². The van der Waals surface area contributed by atoms with Gasteiger partial charge in [-0.05, 0) is 25.3 Å². The summed E-state index contributed by atoms with van der Waals surface area (Å²) in [5.41, 5.74) is 0. The molecule has 2 saturated heterocycles. The van der Waals surface area contributed by atoms with Crippen LogP contribution in [0, 0.1) is 18.3 Å². The molecule has 0 spiro atoms. The molecule has 0 aliphatic carbocycles. The highest BCUT2D eigenvalue weighted by Gasteiger charge is 2.35. The Balaban J connectivity index is 1.93. The molecule has 1 amide bonds. The minimum atomic E-state index is 0.115. The first-order valence-electron chi connectivity index (χ1n) is 5.26. The van der Waals surface area contributed by atoms with Crippen LogP contribution < -0.4 is 5.32 Å². The quantitative estimate of drug-likeness (QED) is 0.603. The molecule has 0 aromatic heterocycles. The normalized spacial score (nSPS) is 30.9. The maximum absolute atomic E-state index is 11.5. The number of likely N-dealkylation sites (tertiary alicyclic amines) is 1. The monoisotopic (exact) mass is 192 g/mol. The van der Waals surface area contributed by atoms with E-state index in [1.54, 1.807) is 0 Å². The highest BCUT2D eigenvalue weighted by molar-refractivity contribution is 5.78. The van der Waals surface area contributed by atoms with E-state index < -0.39 is 0 Å². The molecule has 0 radical (unpaired) electrons. The Hall–Kier alpha value is -1.01. The smallest absolute Gasteiger partial charge is 0.234 e. The summed E-state index contributed by atoms with van der Waals surface area (Å²) in [6.07, 6.45) is 7.86. The summed E-state index contributed by atoms with van der Waals surface area (Å²) in [5, 5.41) is 3.46. The van der Waals surface area contributed by atoms with Crippen LogP contribution in [0.15, 0.2) is 0 Å². The Morgan fingerprint density at radius 1 is 1.57 bits per heavy atom. The lowest BCUT2D eigenvalue weighted by Gasteiger charge is -2.24. The van der Waals surface area contributed by atoms with E-state index >= 15 is 0 Å². The largest absolute Gasteiger partial charge is 0.340 e. The second kappa shape index (κ2) is 4.02. The van der Waals surface area contributed by atoms with E-state index in [0.29, 0.717) is 12.0 Å². The van der Waals surface area contributed by atoms with E-state index in [9.17, 15) is 4.79 Å². The Bertz CT molecular complexity index is 255. The molecule has 2 aliphatic heterocycles. The average molecular weight is 192 g/mol. The zero-order valence-corrected chi connectivity index (χ0v) is 8.33. The van der Waals surface area contributed by atoms with Gasteiger partial charge in [0.05, 0.1) is 6.42 Å². The third-order valence-corrected chi connectivity index (χ3v) is 3.21. The molecule has 3 heteroatoms. The number of hydrogen-bond donors (Lipinski definition) is 1. The molecule has 0 unspecified atom stereocenters. The number of nitrogens with zero attached hydrogens (tertiary/aromatic N) is 1. The Morgan fingerprint density at radius 2 is 2.43 bits per heavy atom. The van der Waals surface area contributed by atoms with Gasteiger partial charge in [-0.1, -0.05) is 5.92 Å². The standard InChI is InChI=1S/C11H16N2O/c1-2-4-11(14)13-7-9-5-3-6-12-10(9)8-13/h1,9-10,12H,3-8H2/t9-,10+/m0/s1. The van der Waals surface area contributed by atoms with Gasteiger partial charge in [0.25, 0.3) is 0 Å². The van der Waals surface area contributed by atoms with Crippen LogP contribution in [0.3, 0.4) is 0 Å². The minimum absolute atomic E-state index is 0.115. The number of fused-ring (bicyclic) bond motifs is 1. The molecule has 2 fully saturated rings. The van der Waals surface area contributed by atoms with Gasteiger partial charge in [-0.15, -0.1) is 6.42 Å². The van der Waals surface area contributed by atoms with E-state index in [1.165, 1.54) is 12.8 Å². The van der Waals surface area contributed by atoms with E-state index in [1.807, 2.05) is 4.90 Å². The third-order valence-electron chi connectivity index (χ3n) is 3.21. The van der Waals surface area contributed by atoms with Crippen LogP contribution in [-0.4, -0.2) is 36.5 Å². The summed E-state index contributed by atoms with van der Waals surface area (Å²) in [7, 11) is 0. The molecular formula is C11H16N2O. The third kappa shape index (κ3) is 1.76. The van der Waals surface area contributed by atoms with Crippen molar-refractivity contribution in [3.05, 3.63) is 0 Å². The van der Waals surface area contributed by atoms with Gasteiger partial charge in [0.1, 0.15) is 0 Å². The van der Waals surface area contributed by atoms with Crippen LogP contribution in [0.1, 0.15) is 19.3 Å². The molecular weight excluding hydrogens is 176 g/mol. The lowest BCUT2D eigenvalue weighted by Crippen LogP contribution is -2.41. The molecule has 0 aromatic rings. The fraction of sp³-hybridized carbons (Fsp3) is 0.727. The first-order chi connectivity index (χ1) is 6.81. The van der Waals surface area contributed by atoms with Crippen LogP contribution in [0.4, 0.5) is 0 Å². The number of amides is 1. The van der Waals surface area contributed by atoms with Gasteiger partial charge in [-0.3, -0.25) is 4.79 Å². The molecule has 2 aliphatic rings. The van der Waals surface area contributed by atoms with Crippen molar-refractivity contribution in [1.82, 2.24) is 10.2 Å². The number of nitrogens with one attached hydrogen (secondary N) is 1. The molecule has 3 nitrogen and oxygen atoms in total. The Labute approximate surface area is 84.8 Å². The van der Waals surface area contributed by atoms with Gasteiger partial charge < -0.3 is 10.2 Å². The van der Waals surface area contributed by atoms with E-state index in [-0.39, 0.29) is 12.3 Å². The summed E-state index contributed by atoms with van der Waals surface area (Å²) in [5.74, 6) is 3.19. The lowest BCUT2D eigenvalue weighted by molar-refractivity contribution is -0.129. The summed E-state index contributed by atoms with van der Waals surface area (Å²) in [4.78, 5) is 13.5. The molecule has 0 bridgehead atoms. The highest BCUT2D eigenvalue weighted by Crippen LogP contribution is 2.24. The maximum atomic E-state index is 11.5. The molecule has 2 atom stereocenters. The maximum Gasteiger partial charge on any atom is 0.234 e. The fourth-order valence-electron chi connectivity index (χ4n) is 2.45.